The van der Waals surface area contributed by atoms with Gasteiger partial charge in [-0.25, -0.2) is 0 Å². The Kier molecular flexibility index (Phi) is 4.88. The molecule has 0 bridgehead atoms. The summed E-state index contributed by atoms with van der Waals surface area (Å²) < 4.78 is 0. The van der Waals surface area contributed by atoms with Crippen molar-refractivity contribution in [3.63, 3.8) is 0 Å². The molecule has 0 radical (unpaired) electrons. The highest BCUT2D eigenvalue weighted by Gasteiger charge is 2.24. The molecule has 2 aromatic carbocycles. The van der Waals surface area contributed by atoms with Gasteiger partial charge < -0.3 is 10.2 Å². The third-order valence-corrected chi connectivity index (χ3v) is 4.59. The Hall–Kier alpha value is -2.62. The molecule has 25 heavy (non-hydrogen) atoms. The van der Waals surface area contributed by atoms with Crippen LogP contribution in [0, 0.1) is 0 Å². The monoisotopic (exact) mass is 336 g/mol. The predicted molar refractivity (Wildman–Crippen MR) is 101 cm³/mol. The largest absolute Gasteiger partial charge is 0.326 e. The highest BCUT2D eigenvalue weighted by atomic mass is 16.2. The fraction of sp³-hybridized carbons (Fsp3) is 0.333. The number of aryl methyl sites for hydroxylation is 1. The SMILES string of the molecule is CC(=O)Nc1ccc(C(=O)N2CCCc3cc(C(C)C)ccc32)cc1. The smallest absolute Gasteiger partial charge is 0.258 e. The molecule has 0 aromatic heterocycles. The third kappa shape index (κ3) is 3.73. The van der Waals surface area contributed by atoms with Gasteiger partial charge in [0.15, 0.2) is 0 Å². The first-order valence-corrected chi connectivity index (χ1v) is 8.78. The fourth-order valence-corrected chi connectivity index (χ4v) is 3.24. The van der Waals surface area contributed by atoms with E-state index in [-0.39, 0.29) is 11.8 Å². The summed E-state index contributed by atoms with van der Waals surface area (Å²) in [5, 5.41) is 2.72. The molecule has 0 saturated carbocycles. The van der Waals surface area contributed by atoms with Gasteiger partial charge in [-0.3, -0.25) is 9.59 Å². The van der Waals surface area contributed by atoms with Crippen LogP contribution >= 0.6 is 0 Å². The van der Waals surface area contributed by atoms with Gasteiger partial charge in [0, 0.05) is 30.4 Å². The second kappa shape index (κ2) is 7.09. The van der Waals surface area contributed by atoms with Crippen molar-refractivity contribution in [2.45, 2.75) is 39.5 Å². The zero-order valence-electron chi connectivity index (χ0n) is 15.0. The van der Waals surface area contributed by atoms with Crippen LogP contribution in [0.1, 0.15) is 54.6 Å². The molecule has 2 aromatic rings. The molecule has 4 nitrogen and oxygen atoms in total. The molecule has 1 aliphatic heterocycles. The first-order chi connectivity index (χ1) is 12.0. The van der Waals surface area contributed by atoms with Gasteiger partial charge in [0.25, 0.3) is 5.91 Å². The average molecular weight is 336 g/mol. The van der Waals surface area contributed by atoms with Crippen LogP contribution in [-0.4, -0.2) is 18.4 Å². The molecule has 3 rings (SSSR count). The van der Waals surface area contributed by atoms with Crippen molar-refractivity contribution in [2.75, 3.05) is 16.8 Å². The van der Waals surface area contributed by atoms with E-state index in [1.807, 2.05) is 4.90 Å². The van der Waals surface area contributed by atoms with Crippen molar-refractivity contribution in [3.05, 3.63) is 59.2 Å². The summed E-state index contributed by atoms with van der Waals surface area (Å²) in [5.74, 6) is 0.371. The van der Waals surface area contributed by atoms with Crippen molar-refractivity contribution in [3.8, 4) is 0 Å². The molecule has 0 atom stereocenters. The third-order valence-electron chi connectivity index (χ3n) is 4.59. The minimum absolute atomic E-state index is 0.00706. The van der Waals surface area contributed by atoms with Gasteiger partial charge in [-0.2, -0.15) is 0 Å². The Morgan fingerprint density at radius 1 is 1.08 bits per heavy atom. The highest BCUT2D eigenvalue weighted by Crippen LogP contribution is 2.31. The molecule has 130 valence electrons. The molecule has 1 N–H and O–H groups in total. The lowest BCUT2D eigenvalue weighted by Crippen LogP contribution is -2.35. The maximum absolute atomic E-state index is 13.0. The van der Waals surface area contributed by atoms with Gasteiger partial charge in [-0.05, 0) is 60.2 Å². The summed E-state index contributed by atoms with van der Waals surface area (Å²) in [6.07, 6.45) is 1.99. The number of anilines is 2. The number of carbonyl (C=O) groups is 2. The van der Waals surface area contributed by atoms with Crippen LogP contribution in [0.4, 0.5) is 11.4 Å². The second-order valence-electron chi connectivity index (χ2n) is 6.86. The van der Waals surface area contributed by atoms with E-state index in [1.54, 1.807) is 24.3 Å². The van der Waals surface area contributed by atoms with Gasteiger partial charge in [-0.1, -0.05) is 26.0 Å². The van der Waals surface area contributed by atoms with Crippen LogP contribution in [0.5, 0.6) is 0 Å². The Balaban J connectivity index is 1.85. The number of nitrogens with one attached hydrogen (secondary N) is 1. The molecule has 0 saturated heterocycles. The molecule has 1 heterocycles. The van der Waals surface area contributed by atoms with Crippen LogP contribution in [0.2, 0.25) is 0 Å². The lowest BCUT2D eigenvalue weighted by atomic mass is 9.94. The van der Waals surface area contributed by atoms with Crippen LogP contribution < -0.4 is 10.2 Å². The minimum Gasteiger partial charge on any atom is -0.326 e. The van der Waals surface area contributed by atoms with Crippen molar-refractivity contribution >= 4 is 23.2 Å². The number of hydrogen-bond acceptors (Lipinski definition) is 2. The summed E-state index contributed by atoms with van der Waals surface area (Å²) >= 11 is 0. The van der Waals surface area contributed by atoms with E-state index >= 15 is 0 Å². The van der Waals surface area contributed by atoms with Gasteiger partial charge in [-0.15, -0.1) is 0 Å². The lowest BCUT2D eigenvalue weighted by molar-refractivity contribution is -0.114. The maximum atomic E-state index is 13.0. The Morgan fingerprint density at radius 3 is 2.44 bits per heavy atom. The Morgan fingerprint density at radius 2 is 1.80 bits per heavy atom. The van der Waals surface area contributed by atoms with E-state index in [0.717, 1.165) is 25.1 Å². The van der Waals surface area contributed by atoms with Crippen LogP contribution in [-0.2, 0) is 11.2 Å². The molecular formula is C21H24N2O2. The van der Waals surface area contributed by atoms with Gasteiger partial charge in [0.05, 0.1) is 0 Å². The number of fused-ring (bicyclic) bond motifs is 1. The lowest BCUT2D eigenvalue weighted by Gasteiger charge is -2.30. The number of carbonyl (C=O) groups excluding carboxylic acids is 2. The van der Waals surface area contributed by atoms with E-state index < -0.39 is 0 Å². The number of hydrogen-bond donors (Lipinski definition) is 1. The number of amides is 2. The average Bonchev–Trinajstić information content (AvgIpc) is 2.60. The summed E-state index contributed by atoms with van der Waals surface area (Å²) in [6.45, 7) is 6.57. The van der Waals surface area contributed by atoms with Gasteiger partial charge in [0.1, 0.15) is 0 Å². The standard InChI is InChI=1S/C21H24N2O2/c1-14(2)17-8-11-20-18(13-17)5-4-12-23(20)21(25)16-6-9-19(10-7-16)22-15(3)24/h6-11,13-14H,4-5,12H2,1-3H3,(H,22,24). The van der Waals surface area contributed by atoms with Crippen molar-refractivity contribution in [1.82, 2.24) is 0 Å². The zero-order chi connectivity index (χ0) is 18.0. The molecule has 0 unspecified atom stereocenters. The number of benzene rings is 2. The molecule has 0 fully saturated rings. The van der Waals surface area contributed by atoms with Gasteiger partial charge >= 0.3 is 0 Å². The van der Waals surface area contributed by atoms with E-state index in [4.69, 9.17) is 0 Å². The summed E-state index contributed by atoms with van der Waals surface area (Å²) in [7, 11) is 0. The molecular weight excluding hydrogens is 312 g/mol. The predicted octanol–water partition coefficient (Wildman–Crippen LogP) is 4.36. The molecule has 1 aliphatic rings. The first kappa shape index (κ1) is 17.2. The van der Waals surface area contributed by atoms with Crippen LogP contribution in [0.25, 0.3) is 0 Å². The van der Waals surface area contributed by atoms with Crippen molar-refractivity contribution in [2.24, 2.45) is 0 Å². The summed E-state index contributed by atoms with van der Waals surface area (Å²) in [6, 6.07) is 13.5. The minimum atomic E-state index is -0.120. The fourth-order valence-electron chi connectivity index (χ4n) is 3.24. The first-order valence-electron chi connectivity index (χ1n) is 8.78. The van der Waals surface area contributed by atoms with E-state index in [1.165, 1.54) is 18.1 Å². The Labute approximate surface area is 148 Å². The summed E-state index contributed by atoms with van der Waals surface area (Å²) in [5.41, 5.74) is 4.92. The zero-order valence-corrected chi connectivity index (χ0v) is 15.0. The normalized spacial score (nSPS) is 13.5. The van der Waals surface area contributed by atoms with Crippen molar-refractivity contribution < 1.29 is 9.59 Å². The molecule has 0 aliphatic carbocycles. The number of rotatable bonds is 3. The van der Waals surface area contributed by atoms with E-state index in [0.29, 0.717) is 17.2 Å². The molecule has 0 spiro atoms. The highest BCUT2D eigenvalue weighted by molar-refractivity contribution is 6.07. The topological polar surface area (TPSA) is 49.4 Å². The van der Waals surface area contributed by atoms with E-state index in [2.05, 4.69) is 37.4 Å². The van der Waals surface area contributed by atoms with Crippen LogP contribution in [0.3, 0.4) is 0 Å². The van der Waals surface area contributed by atoms with Gasteiger partial charge in [0.2, 0.25) is 5.91 Å². The molecule has 2 amide bonds. The Bertz CT molecular complexity index is 794. The second-order valence-corrected chi connectivity index (χ2v) is 6.86. The maximum Gasteiger partial charge on any atom is 0.258 e. The molecule has 4 heteroatoms. The summed E-state index contributed by atoms with van der Waals surface area (Å²) in [4.78, 5) is 25.9. The van der Waals surface area contributed by atoms with Crippen molar-refractivity contribution in [1.29, 1.82) is 0 Å². The van der Waals surface area contributed by atoms with E-state index in [9.17, 15) is 9.59 Å². The quantitative estimate of drug-likeness (QED) is 0.905. The van der Waals surface area contributed by atoms with Crippen LogP contribution in [0.15, 0.2) is 42.5 Å². The number of nitrogens with zero attached hydrogens (tertiary/aromatic N) is 1.